The van der Waals surface area contributed by atoms with Crippen molar-refractivity contribution in [3.8, 4) is 0 Å². The molecule has 0 aliphatic carbocycles. The van der Waals surface area contributed by atoms with E-state index in [2.05, 4.69) is 15.2 Å². The van der Waals surface area contributed by atoms with Crippen LogP contribution >= 0.6 is 0 Å². The molecule has 0 fully saturated rings. The number of nitrogens with two attached hydrogens (primary N) is 1. The molecular weight excluding hydrogens is 280 g/mol. The topological polar surface area (TPSA) is 105 Å². The van der Waals surface area contributed by atoms with Gasteiger partial charge in [0.25, 0.3) is 5.56 Å². The number of amides is 1. The summed E-state index contributed by atoms with van der Waals surface area (Å²) in [6, 6.07) is 9.47. The van der Waals surface area contributed by atoms with E-state index in [9.17, 15) is 9.59 Å². The van der Waals surface area contributed by atoms with Crippen molar-refractivity contribution in [1.29, 1.82) is 0 Å². The minimum Gasteiger partial charge on any atom is -0.370 e. The minimum absolute atomic E-state index is 0.0653. The summed E-state index contributed by atoms with van der Waals surface area (Å²) in [4.78, 5) is 28.0. The van der Waals surface area contributed by atoms with Crippen molar-refractivity contribution in [3.63, 3.8) is 0 Å². The van der Waals surface area contributed by atoms with E-state index >= 15 is 0 Å². The molecule has 2 heterocycles. The van der Waals surface area contributed by atoms with E-state index < -0.39 is 11.8 Å². The fourth-order valence-electron chi connectivity index (χ4n) is 2.87. The van der Waals surface area contributed by atoms with E-state index in [1.807, 2.05) is 30.3 Å². The molecule has 0 spiro atoms. The highest BCUT2D eigenvalue weighted by molar-refractivity contribution is 5.84. The molecule has 6 heteroatoms. The van der Waals surface area contributed by atoms with Crippen LogP contribution < -0.4 is 11.3 Å². The molecule has 0 aliphatic rings. The van der Waals surface area contributed by atoms with E-state index in [4.69, 9.17) is 5.73 Å². The second kappa shape index (κ2) is 5.48. The number of carbonyl (C=O) groups excluding carboxylic acids is 1. The first kappa shape index (κ1) is 14.1. The number of aryl methyl sites for hydroxylation is 1. The van der Waals surface area contributed by atoms with E-state index in [1.54, 1.807) is 13.1 Å². The van der Waals surface area contributed by atoms with Gasteiger partial charge in [-0.15, -0.1) is 0 Å². The third-order valence-electron chi connectivity index (χ3n) is 3.82. The van der Waals surface area contributed by atoms with Crippen LogP contribution in [0.1, 0.15) is 29.2 Å². The third kappa shape index (κ3) is 2.39. The highest BCUT2D eigenvalue weighted by Crippen LogP contribution is 2.31. The van der Waals surface area contributed by atoms with Crippen molar-refractivity contribution >= 4 is 16.8 Å². The Labute approximate surface area is 126 Å². The zero-order valence-electron chi connectivity index (χ0n) is 12.1. The first-order valence-electron chi connectivity index (χ1n) is 6.97. The molecule has 0 saturated heterocycles. The number of benzene rings is 1. The van der Waals surface area contributed by atoms with Crippen LogP contribution in [-0.4, -0.2) is 21.1 Å². The lowest BCUT2D eigenvalue weighted by molar-refractivity contribution is -0.118. The Kier molecular flexibility index (Phi) is 3.50. The maximum atomic E-state index is 12.1. The SMILES string of the molecule is Cc1[nH][nH]c(=O)c1[C@H](CC(N)=O)c1ccnc2ccccc12. The second-order valence-corrected chi connectivity index (χ2v) is 5.26. The molecule has 0 aliphatic heterocycles. The molecule has 4 N–H and O–H groups in total. The van der Waals surface area contributed by atoms with Crippen molar-refractivity contribution in [2.75, 3.05) is 0 Å². The molecule has 1 aromatic carbocycles. The number of H-pyrrole nitrogens is 2. The molecule has 1 amide bonds. The number of carbonyl (C=O) groups is 1. The summed E-state index contributed by atoms with van der Waals surface area (Å²) in [5.74, 6) is -0.855. The molecule has 0 unspecified atom stereocenters. The van der Waals surface area contributed by atoms with E-state index in [1.165, 1.54) is 0 Å². The highest BCUT2D eigenvalue weighted by atomic mass is 16.1. The van der Waals surface area contributed by atoms with Gasteiger partial charge in [0.1, 0.15) is 0 Å². The summed E-state index contributed by atoms with van der Waals surface area (Å²) in [6.07, 6.45) is 1.75. The molecule has 3 rings (SSSR count). The van der Waals surface area contributed by atoms with Crippen molar-refractivity contribution in [3.05, 3.63) is 63.7 Å². The number of para-hydroxylation sites is 1. The Morgan fingerprint density at radius 3 is 2.73 bits per heavy atom. The zero-order chi connectivity index (χ0) is 15.7. The smallest absolute Gasteiger partial charge is 0.267 e. The number of nitrogens with one attached hydrogen (secondary N) is 2. The highest BCUT2D eigenvalue weighted by Gasteiger charge is 2.24. The number of pyridine rings is 1. The predicted octanol–water partition coefficient (Wildman–Crippen LogP) is 1.57. The van der Waals surface area contributed by atoms with Gasteiger partial charge in [0, 0.05) is 35.2 Å². The fraction of sp³-hybridized carbons (Fsp3) is 0.188. The van der Waals surface area contributed by atoms with Gasteiger partial charge in [-0.2, -0.15) is 0 Å². The second-order valence-electron chi connectivity index (χ2n) is 5.26. The van der Waals surface area contributed by atoms with Crippen LogP contribution in [0.4, 0.5) is 0 Å². The number of rotatable bonds is 4. The fourth-order valence-corrected chi connectivity index (χ4v) is 2.87. The van der Waals surface area contributed by atoms with E-state index in [0.29, 0.717) is 11.3 Å². The van der Waals surface area contributed by atoms with Gasteiger partial charge in [-0.25, -0.2) is 0 Å². The van der Waals surface area contributed by atoms with Gasteiger partial charge in [-0.1, -0.05) is 18.2 Å². The lowest BCUT2D eigenvalue weighted by atomic mass is 9.86. The predicted molar refractivity (Wildman–Crippen MR) is 83.5 cm³/mol. The van der Waals surface area contributed by atoms with Crippen molar-refractivity contribution in [2.24, 2.45) is 5.73 Å². The average molecular weight is 296 g/mol. The largest absolute Gasteiger partial charge is 0.370 e. The van der Waals surface area contributed by atoms with Crippen LogP contribution in [0.2, 0.25) is 0 Å². The zero-order valence-corrected chi connectivity index (χ0v) is 12.1. The van der Waals surface area contributed by atoms with Gasteiger partial charge in [0.15, 0.2) is 0 Å². The van der Waals surface area contributed by atoms with Gasteiger partial charge in [-0.3, -0.25) is 19.7 Å². The summed E-state index contributed by atoms with van der Waals surface area (Å²) in [6.45, 7) is 1.80. The molecule has 0 bridgehead atoms. The Morgan fingerprint density at radius 2 is 2.05 bits per heavy atom. The number of hydrogen-bond acceptors (Lipinski definition) is 3. The number of primary amides is 1. The van der Waals surface area contributed by atoms with Gasteiger partial charge < -0.3 is 10.8 Å². The van der Waals surface area contributed by atoms with Crippen molar-refractivity contribution in [1.82, 2.24) is 15.2 Å². The van der Waals surface area contributed by atoms with Gasteiger partial charge >= 0.3 is 0 Å². The Balaban J connectivity index is 2.25. The first-order valence-corrected chi connectivity index (χ1v) is 6.97. The minimum atomic E-state index is -0.453. The maximum absolute atomic E-state index is 12.1. The van der Waals surface area contributed by atoms with Crippen LogP contribution in [0.5, 0.6) is 0 Å². The Morgan fingerprint density at radius 1 is 1.27 bits per heavy atom. The quantitative estimate of drug-likeness (QED) is 0.680. The molecule has 2 aromatic heterocycles. The Hall–Kier alpha value is -2.89. The molecular formula is C16H16N4O2. The number of nitrogens with zero attached hydrogens (tertiary/aromatic N) is 1. The summed E-state index contributed by atoms with van der Waals surface area (Å²) in [5, 5.41) is 6.28. The lowest BCUT2D eigenvalue weighted by Crippen LogP contribution is -2.21. The molecule has 3 aromatic rings. The normalized spacial score (nSPS) is 12.4. The van der Waals surface area contributed by atoms with Crippen LogP contribution in [0.25, 0.3) is 10.9 Å². The maximum Gasteiger partial charge on any atom is 0.267 e. The Bertz CT molecular complexity index is 889. The summed E-state index contributed by atoms with van der Waals surface area (Å²) >= 11 is 0. The van der Waals surface area contributed by atoms with Crippen LogP contribution in [-0.2, 0) is 4.79 Å². The van der Waals surface area contributed by atoms with Crippen LogP contribution in [0.15, 0.2) is 41.3 Å². The van der Waals surface area contributed by atoms with Crippen molar-refractivity contribution < 1.29 is 4.79 Å². The summed E-state index contributed by atoms with van der Waals surface area (Å²) in [5.41, 5.74) is 8.11. The van der Waals surface area contributed by atoms with E-state index in [0.717, 1.165) is 16.5 Å². The number of hydrogen-bond donors (Lipinski definition) is 3. The molecule has 6 nitrogen and oxygen atoms in total. The molecule has 0 radical (unpaired) electrons. The number of aromatic nitrogens is 3. The van der Waals surface area contributed by atoms with Gasteiger partial charge in [0.05, 0.1) is 5.52 Å². The van der Waals surface area contributed by atoms with Gasteiger partial charge in [-0.05, 0) is 24.6 Å². The molecule has 22 heavy (non-hydrogen) atoms. The number of aromatic amines is 2. The van der Waals surface area contributed by atoms with Crippen LogP contribution in [0.3, 0.4) is 0 Å². The van der Waals surface area contributed by atoms with Crippen molar-refractivity contribution in [2.45, 2.75) is 19.3 Å². The first-order chi connectivity index (χ1) is 10.6. The molecule has 0 saturated carbocycles. The summed E-state index contributed by atoms with van der Waals surface area (Å²) in [7, 11) is 0. The monoisotopic (exact) mass is 296 g/mol. The standard InChI is InChI=1S/C16H16N4O2/c1-9-15(16(22)20-19-9)12(8-14(17)21)10-6-7-18-13-5-3-2-4-11(10)13/h2-7,12H,8H2,1H3,(H2,17,21)(H2,19,20,22)/t12-/m1/s1. The molecule has 112 valence electrons. The van der Waals surface area contributed by atoms with Crippen LogP contribution in [0, 0.1) is 6.92 Å². The molecule has 1 atom stereocenters. The average Bonchev–Trinajstić information content (AvgIpc) is 2.83. The number of fused-ring (bicyclic) bond motifs is 1. The van der Waals surface area contributed by atoms with E-state index in [-0.39, 0.29) is 12.0 Å². The lowest BCUT2D eigenvalue weighted by Gasteiger charge is -2.17. The summed E-state index contributed by atoms with van der Waals surface area (Å²) < 4.78 is 0. The van der Waals surface area contributed by atoms with Gasteiger partial charge in [0.2, 0.25) is 5.91 Å². The third-order valence-corrected chi connectivity index (χ3v) is 3.82.